The van der Waals surface area contributed by atoms with Crippen molar-refractivity contribution in [3.8, 4) is 0 Å². The van der Waals surface area contributed by atoms with E-state index >= 15 is 0 Å². The van der Waals surface area contributed by atoms with Crippen LogP contribution in [0.25, 0.3) is 0 Å². The summed E-state index contributed by atoms with van der Waals surface area (Å²) in [5, 5.41) is 14.6. The number of allylic oxidation sites excluding steroid dienone is 2. The Morgan fingerprint density at radius 1 is 0.692 bits per heavy atom. The summed E-state index contributed by atoms with van der Waals surface area (Å²) in [7, 11) is 0. The highest BCUT2D eigenvalue weighted by Crippen LogP contribution is 2.06. The van der Waals surface area contributed by atoms with Crippen LogP contribution in [0.3, 0.4) is 0 Å². The standard InChI is InChI=1S/C18H20N8/c19-17(20)25-23-15(13-7-3-1-4-8-13)11-12-16(24-26-18(21)22)14-9-5-2-6-10-14/h1-12H,(H4,19,20,25)(H4,21,22,26)/p+1/b12-11+,23-15+,24-16+. The third kappa shape index (κ3) is 5.93. The van der Waals surface area contributed by atoms with E-state index in [1.807, 2.05) is 60.7 Å². The van der Waals surface area contributed by atoms with Crippen molar-refractivity contribution >= 4 is 23.3 Å². The molecule has 2 rings (SSSR count). The number of hydrogen-bond acceptors (Lipinski definition) is 3. The van der Waals surface area contributed by atoms with Gasteiger partial charge in [0.05, 0.1) is 5.71 Å². The van der Waals surface area contributed by atoms with Crippen LogP contribution in [-0.2, 0) is 0 Å². The van der Waals surface area contributed by atoms with Gasteiger partial charge in [-0.15, -0.1) is 15.3 Å². The first-order valence-corrected chi connectivity index (χ1v) is 7.73. The molecule has 0 radical (unpaired) electrons. The number of rotatable bonds is 6. The number of nitrogens with two attached hydrogens (primary N) is 4. The molecular weight excluding hydrogens is 328 g/mol. The molecule has 2 aromatic carbocycles. The Hall–Kier alpha value is -3.94. The fourth-order valence-electron chi connectivity index (χ4n) is 2.00. The summed E-state index contributed by atoms with van der Waals surface area (Å²) < 4.78 is 0. The van der Waals surface area contributed by atoms with Crippen LogP contribution >= 0.6 is 0 Å². The summed E-state index contributed by atoms with van der Waals surface area (Å²) >= 11 is 0. The molecule has 26 heavy (non-hydrogen) atoms. The van der Waals surface area contributed by atoms with E-state index in [4.69, 9.17) is 22.9 Å². The third-order valence-corrected chi connectivity index (χ3v) is 3.12. The Morgan fingerprint density at radius 2 is 1.19 bits per heavy atom. The zero-order valence-corrected chi connectivity index (χ0v) is 14.1. The number of benzene rings is 2. The van der Waals surface area contributed by atoms with Crippen molar-refractivity contribution in [3.63, 3.8) is 0 Å². The number of nitrogens with zero attached hydrogens (tertiary/aromatic N) is 3. The Labute approximate surface area is 151 Å². The summed E-state index contributed by atoms with van der Waals surface area (Å²) in [6.45, 7) is 0. The van der Waals surface area contributed by atoms with Gasteiger partial charge in [0.2, 0.25) is 5.96 Å². The Morgan fingerprint density at radius 3 is 1.69 bits per heavy atom. The molecule has 8 nitrogen and oxygen atoms in total. The maximum Gasteiger partial charge on any atom is 0.362 e. The van der Waals surface area contributed by atoms with E-state index in [2.05, 4.69) is 20.4 Å². The van der Waals surface area contributed by atoms with Gasteiger partial charge >= 0.3 is 5.96 Å². The lowest BCUT2D eigenvalue weighted by Crippen LogP contribution is -2.72. The Kier molecular flexibility index (Phi) is 6.64. The number of guanidine groups is 2. The van der Waals surface area contributed by atoms with E-state index in [0.717, 1.165) is 11.1 Å². The summed E-state index contributed by atoms with van der Waals surface area (Å²) in [5.74, 6) is -0.139. The predicted octanol–water partition coefficient (Wildman–Crippen LogP) is -1.02. The van der Waals surface area contributed by atoms with Gasteiger partial charge in [0.25, 0.3) is 0 Å². The molecule has 0 heterocycles. The van der Waals surface area contributed by atoms with E-state index in [-0.39, 0.29) is 11.9 Å². The van der Waals surface area contributed by atoms with Crippen LogP contribution in [0.4, 0.5) is 0 Å². The molecule has 0 fully saturated rings. The molecule has 0 aliphatic heterocycles. The normalized spacial score (nSPS) is 12.0. The first-order valence-electron chi connectivity index (χ1n) is 7.73. The van der Waals surface area contributed by atoms with Crippen molar-refractivity contribution < 1.29 is 5.10 Å². The van der Waals surface area contributed by atoms with Crippen molar-refractivity contribution in [2.75, 3.05) is 0 Å². The van der Waals surface area contributed by atoms with E-state index < -0.39 is 0 Å². The molecule has 0 spiro atoms. The average Bonchev–Trinajstić information content (AvgIpc) is 2.65. The fourth-order valence-corrected chi connectivity index (χ4v) is 2.00. The summed E-state index contributed by atoms with van der Waals surface area (Å²) in [5.41, 5.74) is 24.5. The summed E-state index contributed by atoms with van der Waals surface area (Å²) in [6, 6.07) is 19.0. The van der Waals surface area contributed by atoms with Gasteiger partial charge in [0, 0.05) is 11.1 Å². The second-order valence-corrected chi connectivity index (χ2v) is 5.14. The van der Waals surface area contributed by atoms with Crippen molar-refractivity contribution in [1.29, 1.82) is 0 Å². The highest BCUT2D eigenvalue weighted by atomic mass is 15.3. The van der Waals surface area contributed by atoms with Gasteiger partial charge in [-0.25, -0.2) is 0 Å². The molecular formula is C18H21N8+. The third-order valence-electron chi connectivity index (χ3n) is 3.12. The van der Waals surface area contributed by atoms with Crippen molar-refractivity contribution in [2.24, 2.45) is 38.2 Å². The second-order valence-electron chi connectivity index (χ2n) is 5.14. The van der Waals surface area contributed by atoms with Gasteiger partial charge < -0.3 is 11.5 Å². The first-order chi connectivity index (χ1) is 12.6. The molecule has 0 unspecified atom stereocenters. The first kappa shape index (κ1) is 18.4. The van der Waals surface area contributed by atoms with Gasteiger partial charge in [-0.3, -0.25) is 11.5 Å². The zero-order valence-electron chi connectivity index (χ0n) is 14.1. The molecule has 2 aromatic rings. The maximum absolute atomic E-state index is 5.43. The molecule has 132 valence electrons. The van der Waals surface area contributed by atoms with Crippen LogP contribution in [0.2, 0.25) is 0 Å². The molecule has 0 bridgehead atoms. The monoisotopic (exact) mass is 349 g/mol. The second kappa shape index (κ2) is 9.38. The molecule has 8 heteroatoms. The number of hydrazone groups is 1. The molecule has 0 saturated carbocycles. The van der Waals surface area contributed by atoms with E-state index in [0.29, 0.717) is 11.4 Å². The van der Waals surface area contributed by atoms with E-state index in [1.54, 1.807) is 12.2 Å². The lowest BCUT2D eigenvalue weighted by molar-refractivity contribution is -0.464. The largest absolute Gasteiger partial charge is 0.369 e. The molecule has 0 aliphatic rings. The average molecular weight is 349 g/mol. The summed E-state index contributed by atoms with van der Waals surface area (Å²) in [4.78, 5) is 0. The number of nitrogens with one attached hydrogen (secondary N) is 1. The smallest absolute Gasteiger partial charge is 0.362 e. The van der Waals surface area contributed by atoms with Crippen LogP contribution in [0.15, 0.2) is 88.1 Å². The quantitative estimate of drug-likeness (QED) is 0.257. The number of hydrogen-bond donors (Lipinski definition) is 5. The van der Waals surface area contributed by atoms with Gasteiger partial charge in [0.1, 0.15) is 5.71 Å². The summed E-state index contributed by atoms with van der Waals surface area (Å²) in [6.07, 6.45) is 3.52. The van der Waals surface area contributed by atoms with Crippen LogP contribution in [0.1, 0.15) is 11.1 Å². The van der Waals surface area contributed by atoms with Crippen LogP contribution in [0, 0.1) is 0 Å². The lowest BCUT2D eigenvalue weighted by Gasteiger charge is -2.02. The lowest BCUT2D eigenvalue weighted by atomic mass is 10.1. The predicted molar refractivity (Wildman–Crippen MR) is 105 cm³/mol. The van der Waals surface area contributed by atoms with Gasteiger partial charge in [-0.05, 0) is 12.2 Å². The van der Waals surface area contributed by atoms with Crippen LogP contribution in [0.5, 0.6) is 0 Å². The highest BCUT2D eigenvalue weighted by Gasteiger charge is 2.03. The van der Waals surface area contributed by atoms with Crippen molar-refractivity contribution in [1.82, 2.24) is 0 Å². The van der Waals surface area contributed by atoms with E-state index in [1.165, 1.54) is 0 Å². The molecule has 0 saturated heterocycles. The molecule has 0 amide bonds. The van der Waals surface area contributed by atoms with Gasteiger partial charge in [-0.2, -0.15) is 5.10 Å². The van der Waals surface area contributed by atoms with Crippen molar-refractivity contribution in [3.05, 3.63) is 83.9 Å². The molecule has 0 aromatic heterocycles. The molecule has 9 N–H and O–H groups in total. The Bertz CT molecular complexity index is 783. The van der Waals surface area contributed by atoms with Gasteiger partial charge in [-0.1, -0.05) is 60.7 Å². The topological polar surface area (TPSA) is 155 Å². The highest BCUT2D eigenvalue weighted by molar-refractivity contribution is 6.15. The minimum absolute atomic E-state index is 0.00992. The van der Waals surface area contributed by atoms with Crippen LogP contribution in [-0.4, -0.2) is 23.3 Å². The SMILES string of the molecule is NC(N)=N\N=C(/C=C/C(=N\[NH+]=C(N)N)c1ccccc1)c1ccccc1. The van der Waals surface area contributed by atoms with E-state index in [9.17, 15) is 0 Å². The van der Waals surface area contributed by atoms with Gasteiger partial charge in [0.15, 0.2) is 0 Å². The van der Waals surface area contributed by atoms with Crippen molar-refractivity contribution in [2.45, 2.75) is 0 Å². The minimum atomic E-state index is -0.129. The fraction of sp³-hybridized carbons (Fsp3) is 0. The molecule has 0 atom stereocenters. The molecule has 0 aliphatic carbocycles. The zero-order chi connectivity index (χ0) is 18.8. The minimum Gasteiger partial charge on any atom is -0.369 e. The maximum atomic E-state index is 5.43. The van der Waals surface area contributed by atoms with Crippen LogP contribution < -0.4 is 28.0 Å². The Balaban J connectivity index is 2.44.